The predicted octanol–water partition coefficient (Wildman–Crippen LogP) is 2.49. The molecule has 11 heteroatoms. The molecule has 0 saturated carbocycles. The van der Waals surface area contributed by atoms with E-state index in [1.54, 1.807) is 0 Å². The summed E-state index contributed by atoms with van der Waals surface area (Å²) in [5.41, 5.74) is 8.12. The number of hydrogen-bond acceptors (Lipinski definition) is 7. The third-order valence-corrected chi connectivity index (χ3v) is 4.84. The number of nitrogens with one attached hydrogen (secondary N) is 3. The van der Waals surface area contributed by atoms with Gasteiger partial charge in [0.05, 0.1) is 32.5 Å². The number of Topliss-reactive ketones (excluding diaryl/α,β-unsaturated/α-hetero) is 1. The van der Waals surface area contributed by atoms with E-state index in [9.17, 15) is 14.4 Å². The van der Waals surface area contributed by atoms with Crippen LogP contribution < -0.4 is 16.0 Å². The van der Waals surface area contributed by atoms with Crippen LogP contribution in [0.15, 0.2) is 5.11 Å². The first-order valence-corrected chi connectivity index (χ1v) is 12.3. The molecule has 0 aliphatic heterocycles. The molecule has 0 saturated heterocycles. The molecular weight excluding hydrogens is 440 g/mol. The van der Waals surface area contributed by atoms with Crippen molar-refractivity contribution in [3.8, 4) is 0 Å². The summed E-state index contributed by atoms with van der Waals surface area (Å²) < 4.78 is 10.5. The number of carbonyl (C=O) groups excluding carboxylic acids is 3. The second-order valence-electron chi connectivity index (χ2n) is 8.66. The number of rotatable bonds is 22. The van der Waals surface area contributed by atoms with Gasteiger partial charge in [0.25, 0.3) is 0 Å². The van der Waals surface area contributed by atoms with E-state index in [4.69, 9.17) is 15.0 Å². The molecule has 1 atom stereocenters. The Hall–Kier alpha value is -2.20. The smallest absolute Gasteiger partial charge is 0.220 e. The highest BCUT2D eigenvalue weighted by Crippen LogP contribution is 2.09. The fourth-order valence-corrected chi connectivity index (χ4v) is 3.13. The molecule has 0 spiro atoms. The van der Waals surface area contributed by atoms with E-state index in [2.05, 4.69) is 26.0 Å². The quantitative estimate of drug-likeness (QED) is 0.0928. The predicted molar refractivity (Wildman–Crippen MR) is 131 cm³/mol. The van der Waals surface area contributed by atoms with E-state index in [1.165, 1.54) is 0 Å². The maximum atomic E-state index is 12.3. The normalized spacial score (nSPS) is 11.8. The van der Waals surface area contributed by atoms with Crippen LogP contribution in [0.1, 0.15) is 66.2 Å². The Morgan fingerprint density at radius 3 is 2.06 bits per heavy atom. The average molecular weight is 485 g/mol. The van der Waals surface area contributed by atoms with Gasteiger partial charge in [0.1, 0.15) is 0 Å². The molecule has 0 radical (unpaired) electrons. The lowest BCUT2D eigenvalue weighted by Gasteiger charge is -2.22. The SMILES string of the molecule is CC(C)N[C@@H](CCCCNC(=O)CCCC(=O)NCCOCCOCCN=[N+]=[N-])C(=O)C(C)C. The molecule has 196 valence electrons. The van der Waals surface area contributed by atoms with E-state index in [1.807, 2.05) is 27.7 Å². The summed E-state index contributed by atoms with van der Waals surface area (Å²) in [7, 11) is 0. The number of azide groups is 1. The standard InChI is InChI=1S/C23H44N6O5/c1-18(2)23(32)20(28-19(3)4)8-5-6-11-25-21(30)9-7-10-22(31)26-12-14-33-16-17-34-15-13-27-29-24/h18-20,28H,5-17H2,1-4H3,(H,25,30)(H,26,31)/t20-/m0/s1. The van der Waals surface area contributed by atoms with Gasteiger partial charge < -0.3 is 25.4 Å². The first-order chi connectivity index (χ1) is 16.3. The van der Waals surface area contributed by atoms with Gasteiger partial charge >= 0.3 is 0 Å². The fourth-order valence-electron chi connectivity index (χ4n) is 3.13. The maximum absolute atomic E-state index is 12.3. The maximum Gasteiger partial charge on any atom is 0.220 e. The fraction of sp³-hybridized carbons (Fsp3) is 0.870. The van der Waals surface area contributed by atoms with Crippen molar-refractivity contribution < 1.29 is 23.9 Å². The molecule has 0 rings (SSSR count). The Morgan fingerprint density at radius 2 is 1.47 bits per heavy atom. The van der Waals surface area contributed by atoms with E-state index >= 15 is 0 Å². The topological polar surface area (TPSA) is 155 Å². The molecule has 34 heavy (non-hydrogen) atoms. The number of amides is 2. The van der Waals surface area contributed by atoms with Crippen molar-refractivity contribution >= 4 is 17.6 Å². The monoisotopic (exact) mass is 484 g/mol. The second-order valence-corrected chi connectivity index (χ2v) is 8.66. The Balaban J connectivity index is 3.69. The summed E-state index contributed by atoms with van der Waals surface area (Å²) in [5.74, 6) is 0.0605. The van der Waals surface area contributed by atoms with Crippen LogP contribution in [0.2, 0.25) is 0 Å². The Morgan fingerprint density at radius 1 is 0.853 bits per heavy atom. The summed E-state index contributed by atoms with van der Waals surface area (Å²) in [5, 5.41) is 12.3. The number of carbonyl (C=O) groups is 3. The molecule has 0 unspecified atom stereocenters. The molecule has 0 bridgehead atoms. The van der Waals surface area contributed by atoms with Crippen molar-refractivity contribution in [1.82, 2.24) is 16.0 Å². The molecule has 0 aliphatic carbocycles. The molecule has 0 aromatic carbocycles. The summed E-state index contributed by atoms with van der Waals surface area (Å²) in [6, 6.07) is 0.113. The highest BCUT2D eigenvalue weighted by Gasteiger charge is 2.21. The van der Waals surface area contributed by atoms with Gasteiger partial charge in [-0.25, -0.2) is 0 Å². The van der Waals surface area contributed by atoms with Gasteiger partial charge in [-0.1, -0.05) is 32.8 Å². The van der Waals surface area contributed by atoms with E-state index < -0.39 is 0 Å². The third kappa shape index (κ3) is 19.3. The lowest BCUT2D eigenvalue weighted by atomic mass is 9.96. The van der Waals surface area contributed by atoms with Crippen molar-refractivity contribution in [3.63, 3.8) is 0 Å². The molecule has 0 aliphatic rings. The van der Waals surface area contributed by atoms with Crippen molar-refractivity contribution in [2.75, 3.05) is 46.1 Å². The summed E-state index contributed by atoms with van der Waals surface area (Å²) in [4.78, 5) is 38.7. The zero-order chi connectivity index (χ0) is 25.6. The zero-order valence-electron chi connectivity index (χ0n) is 21.3. The highest BCUT2D eigenvalue weighted by molar-refractivity contribution is 5.85. The number of nitrogens with zero attached hydrogens (tertiary/aromatic N) is 3. The van der Waals surface area contributed by atoms with Gasteiger partial charge in [0.15, 0.2) is 5.78 Å². The van der Waals surface area contributed by atoms with Crippen LogP contribution in [0.5, 0.6) is 0 Å². The van der Waals surface area contributed by atoms with Crippen molar-refractivity contribution in [1.29, 1.82) is 0 Å². The molecular formula is C23H44N6O5. The minimum absolute atomic E-state index is 0.00241. The van der Waals surface area contributed by atoms with E-state index in [0.717, 1.165) is 19.3 Å². The Labute approximate surface area is 203 Å². The van der Waals surface area contributed by atoms with Crippen LogP contribution in [0.25, 0.3) is 10.4 Å². The van der Waals surface area contributed by atoms with Crippen molar-refractivity contribution in [2.24, 2.45) is 11.0 Å². The molecule has 3 N–H and O–H groups in total. The van der Waals surface area contributed by atoms with E-state index in [0.29, 0.717) is 58.9 Å². The summed E-state index contributed by atoms with van der Waals surface area (Å²) in [6.45, 7) is 10.7. The lowest BCUT2D eigenvalue weighted by Crippen LogP contribution is -2.42. The lowest BCUT2D eigenvalue weighted by molar-refractivity contribution is -0.125. The number of ether oxygens (including phenoxy) is 2. The van der Waals surface area contributed by atoms with Crippen molar-refractivity contribution in [3.05, 3.63) is 10.4 Å². The minimum Gasteiger partial charge on any atom is -0.379 e. The van der Waals surface area contributed by atoms with Gasteiger partial charge in [-0.05, 0) is 31.2 Å². The molecule has 0 aromatic rings. The number of hydrogen-bond donors (Lipinski definition) is 3. The van der Waals surface area contributed by atoms with E-state index in [-0.39, 0.29) is 42.0 Å². The zero-order valence-corrected chi connectivity index (χ0v) is 21.3. The second kappa shape index (κ2) is 21.3. The summed E-state index contributed by atoms with van der Waals surface area (Å²) >= 11 is 0. The largest absolute Gasteiger partial charge is 0.379 e. The molecule has 0 aromatic heterocycles. The molecule has 2 amide bonds. The van der Waals surface area contributed by atoms with Gasteiger partial charge in [0, 0.05) is 49.3 Å². The molecule has 0 fully saturated rings. The number of ketones is 1. The minimum atomic E-state index is -0.136. The first kappa shape index (κ1) is 31.8. The van der Waals surface area contributed by atoms with Crippen molar-refractivity contribution in [2.45, 2.75) is 78.3 Å². The highest BCUT2D eigenvalue weighted by atomic mass is 16.5. The van der Waals surface area contributed by atoms with Crippen LogP contribution >= 0.6 is 0 Å². The van der Waals surface area contributed by atoms with Crippen LogP contribution in [0.3, 0.4) is 0 Å². The Kier molecular flexibility index (Phi) is 20.0. The van der Waals surface area contributed by atoms with Gasteiger partial charge in [-0.2, -0.15) is 0 Å². The molecule has 11 nitrogen and oxygen atoms in total. The van der Waals surface area contributed by atoms with Crippen LogP contribution in [0.4, 0.5) is 0 Å². The average Bonchev–Trinajstić information content (AvgIpc) is 2.78. The van der Waals surface area contributed by atoms with Gasteiger partial charge in [-0.15, -0.1) is 0 Å². The summed E-state index contributed by atoms with van der Waals surface area (Å²) in [6.07, 6.45) is 3.51. The van der Waals surface area contributed by atoms with Crippen LogP contribution in [-0.4, -0.2) is 75.7 Å². The molecule has 0 heterocycles. The van der Waals surface area contributed by atoms with Crippen LogP contribution in [-0.2, 0) is 23.9 Å². The third-order valence-electron chi connectivity index (χ3n) is 4.84. The first-order valence-electron chi connectivity index (χ1n) is 12.3. The Bertz CT molecular complexity index is 623. The van der Waals surface area contributed by atoms with Gasteiger partial charge in [0.2, 0.25) is 11.8 Å². The van der Waals surface area contributed by atoms with Crippen LogP contribution in [0, 0.1) is 5.92 Å². The number of unbranched alkanes of at least 4 members (excludes halogenated alkanes) is 1. The van der Waals surface area contributed by atoms with Gasteiger partial charge in [-0.3, -0.25) is 14.4 Å².